The maximum absolute atomic E-state index is 13.0. The fourth-order valence-corrected chi connectivity index (χ4v) is 11.1. The number of rotatable bonds is 62. The number of unbranched alkanes of at least 4 members (excludes halogenated alkanes) is 26. The Kier molecular flexibility index (Phi) is 53.9. The highest BCUT2D eigenvalue weighted by atomic mass is 31.2. The zero-order valence-corrected chi connectivity index (χ0v) is 56.3. The predicted molar refractivity (Wildman–Crippen MR) is 335 cm³/mol. The molecular weight excluding hydrogens is 1110 g/mol. The average Bonchev–Trinajstić information content (AvgIpc) is 3.47. The molecule has 0 rings (SSSR count). The van der Waals surface area contributed by atoms with Crippen molar-refractivity contribution in [3.63, 3.8) is 0 Å². The lowest BCUT2D eigenvalue weighted by Gasteiger charge is -2.21. The molecule has 498 valence electrons. The van der Waals surface area contributed by atoms with Gasteiger partial charge < -0.3 is 33.8 Å². The number of carbonyl (C=O) groups excluding carboxylic acids is 4. The zero-order chi connectivity index (χ0) is 62.5. The van der Waals surface area contributed by atoms with Crippen LogP contribution in [0, 0.1) is 23.7 Å². The number of phosphoric acid groups is 2. The molecule has 0 radical (unpaired) electrons. The molecule has 0 saturated carbocycles. The quantitative estimate of drug-likeness (QED) is 0.0222. The largest absolute Gasteiger partial charge is 0.472 e. The van der Waals surface area contributed by atoms with Gasteiger partial charge in [0.1, 0.15) is 19.3 Å². The molecule has 0 aromatic rings. The molecule has 19 heteroatoms. The summed E-state index contributed by atoms with van der Waals surface area (Å²) in [5.41, 5.74) is 0. The summed E-state index contributed by atoms with van der Waals surface area (Å²) in [5.74, 6) is 0.804. The molecule has 0 amide bonds. The van der Waals surface area contributed by atoms with Crippen LogP contribution in [-0.2, 0) is 65.4 Å². The third-order valence-corrected chi connectivity index (χ3v) is 17.4. The predicted octanol–water partition coefficient (Wildman–Crippen LogP) is 17.8. The number of phosphoric ester groups is 2. The van der Waals surface area contributed by atoms with Crippen LogP contribution < -0.4 is 0 Å². The second-order valence-electron chi connectivity index (χ2n) is 24.9. The summed E-state index contributed by atoms with van der Waals surface area (Å²) in [7, 11) is -9.89. The van der Waals surface area contributed by atoms with Gasteiger partial charge >= 0.3 is 39.5 Å². The van der Waals surface area contributed by atoms with Crippen molar-refractivity contribution in [2.45, 2.75) is 331 Å². The molecule has 0 aliphatic carbocycles. The number of aliphatic hydroxyl groups is 1. The van der Waals surface area contributed by atoms with Gasteiger partial charge in [-0.25, -0.2) is 9.13 Å². The van der Waals surface area contributed by atoms with Gasteiger partial charge in [0.2, 0.25) is 0 Å². The SMILES string of the molecule is CCC(C)CCCCCCCCCCC(=O)OC[C@H](COP(=O)(O)OC[C@@H](O)COP(=O)(O)OC[C@@H](COC(=O)CCCCCCCCC(C)C)OC(=O)CCCCCCCCCCC(C)C)OC(=O)CCCCCCCCCCC(C)CC. The highest BCUT2D eigenvalue weighted by Gasteiger charge is 2.30. The first-order valence-electron chi connectivity index (χ1n) is 33.8. The topological polar surface area (TPSA) is 237 Å². The molecule has 17 nitrogen and oxygen atoms in total. The van der Waals surface area contributed by atoms with E-state index in [4.69, 9.17) is 37.0 Å². The lowest BCUT2D eigenvalue weighted by molar-refractivity contribution is -0.161. The van der Waals surface area contributed by atoms with Gasteiger partial charge in [0.15, 0.2) is 12.2 Å². The Hall–Kier alpha value is -1.94. The lowest BCUT2D eigenvalue weighted by Crippen LogP contribution is -2.30. The van der Waals surface area contributed by atoms with Crippen LogP contribution in [0.1, 0.15) is 312 Å². The number of ether oxygens (including phenoxy) is 4. The van der Waals surface area contributed by atoms with E-state index in [1.54, 1.807) is 0 Å². The van der Waals surface area contributed by atoms with Crippen molar-refractivity contribution in [2.75, 3.05) is 39.6 Å². The second-order valence-corrected chi connectivity index (χ2v) is 27.8. The third-order valence-electron chi connectivity index (χ3n) is 15.5. The highest BCUT2D eigenvalue weighted by molar-refractivity contribution is 7.47. The van der Waals surface area contributed by atoms with Crippen molar-refractivity contribution in [1.82, 2.24) is 0 Å². The van der Waals surface area contributed by atoms with Crippen molar-refractivity contribution in [1.29, 1.82) is 0 Å². The normalized spacial score (nSPS) is 15.1. The van der Waals surface area contributed by atoms with E-state index in [1.807, 2.05) is 0 Å². The van der Waals surface area contributed by atoms with Gasteiger partial charge in [-0.3, -0.25) is 37.3 Å². The van der Waals surface area contributed by atoms with Gasteiger partial charge in [-0.1, -0.05) is 261 Å². The van der Waals surface area contributed by atoms with Crippen LogP contribution in [0.5, 0.6) is 0 Å². The van der Waals surface area contributed by atoms with Gasteiger partial charge in [0, 0.05) is 25.7 Å². The molecule has 0 fully saturated rings. The number of carbonyl (C=O) groups is 4. The summed E-state index contributed by atoms with van der Waals surface area (Å²) in [4.78, 5) is 72.3. The molecule has 4 unspecified atom stereocenters. The maximum Gasteiger partial charge on any atom is 0.472 e. The Labute approximate surface area is 511 Å². The van der Waals surface area contributed by atoms with E-state index < -0.39 is 97.5 Å². The molecular formula is C65H126O17P2. The van der Waals surface area contributed by atoms with Crippen LogP contribution >= 0.6 is 15.6 Å². The highest BCUT2D eigenvalue weighted by Crippen LogP contribution is 2.45. The van der Waals surface area contributed by atoms with Crippen molar-refractivity contribution < 1.29 is 80.2 Å². The first-order valence-corrected chi connectivity index (χ1v) is 36.8. The minimum absolute atomic E-state index is 0.103. The van der Waals surface area contributed by atoms with Crippen molar-refractivity contribution >= 4 is 39.5 Å². The fraction of sp³-hybridized carbons (Fsp3) is 0.938. The smallest absolute Gasteiger partial charge is 0.462 e. The molecule has 0 aliphatic rings. The lowest BCUT2D eigenvalue weighted by atomic mass is 9.99. The molecule has 0 bridgehead atoms. The molecule has 0 aliphatic heterocycles. The van der Waals surface area contributed by atoms with E-state index in [-0.39, 0.29) is 25.7 Å². The van der Waals surface area contributed by atoms with Crippen LogP contribution in [0.4, 0.5) is 0 Å². The molecule has 84 heavy (non-hydrogen) atoms. The summed E-state index contributed by atoms with van der Waals surface area (Å²) in [6.07, 6.45) is 34.9. The van der Waals surface area contributed by atoms with Crippen LogP contribution in [0.15, 0.2) is 0 Å². The van der Waals surface area contributed by atoms with Gasteiger partial charge in [-0.2, -0.15) is 0 Å². The third kappa shape index (κ3) is 56.6. The molecule has 3 N–H and O–H groups in total. The fourth-order valence-electron chi connectivity index (χ4n) is 9.54. The van der Waals surface area contributed by atoms with Gasteiger partial charge in [-0.05, 0) is 49.4 Å². The Bertz CT molecular complexity index is 1680. The van der Waals surface area contributed by atoms with E-state index in [2.05, 4.69) is 55.4 Å². The van der Waals surface area contributed by atoms with Crippen molar-refractivity contribution in [3.05, 3.63) is 0 Å². The monoisotopic (exact) mass is 1240 g/mol. The van der Waals surface area contributed by atoms with Crippen LogP contribution in [0.3, 0.4) is 0 Å². The zero-order valence-electron chi connectivity index (χ0n) is 54.5. The molecule has 0 heterocycles. The van der Waals surface area contributed by atoms with Crippen molar-refractivity contribution in [3.8, 4) is 0 Å². The van der Waals surface area contributed by atoms with E-state index in [9.17, 15) is 43.2 Å². The van der Waals surface area contributed by atoms with Crippen molar-refractivity contribution in [2.24, 2.45) is 23.7 Å². The Morgan fingerprint density at radius 3 is 0.845 bits per heavy atom. The Morgan fingerprint density at radius 1 is 0.333 bits per heavy atom. The number of hydrogen-bond acceptors (Lipinski definition) is 15. The van der Waals surface area contributed by atoms with Crippen LogP contribution in [-0.4, -0.2) is 96.7 Å². The minimum atomic E-state index is -4.95. The summed E-state index contributed by atoms with van der Waals surface area (Å²) in [6, 6.07) is 0. The molecule has 7 atom stereocenters. The summed E-state index contributed by atoms with van der Waals surface area (Å²) < 4.78 is 68.0. The van der Waals surface area contributed by atoms with E-state index in [0.717, 1.165) is 114 Å². The Morgan fingerprint density at radius 2 is 0.571 bits per heavy atom. The van der Waals surface area contributed by atoms with E-state index in [0.29, 0.717) is 31.6 Å². The van der Waals surface area contributed by atoms with Crippen LogP contribution in [0.25, 0.3) is 0 Å². The summed E-state index contributed by atoms with van der Waals surface area (Å²) in [6.45, 7) is 14.0. The molecule has 0 aromatic carbocycles. The first kappa shape index (κ1) is 82.1. The molecule has 0 spiro atoms. The standard InChI is InChI=1S/C65H126O17P2/c1-9-57(7)43-35-27-18-12-15-20-29-37-45-62(67)75-51-60(81-65(70)48-40-32-22-16-13-19-28-36-44-58(8)10-2)53-79-83(71,72)77-49-59(66)50-78-84(73,74)80-54-61(52-76-63(68)46-38-30-24-23-26-34-42-56(5)6)82-64(69)47-39-31-21-14-11-17-25-33-41-55(3)4/h55-61,66H,9-54H2,1-8H3,(H,71,72)(H,73,74)/t57?,58?,59-,60-,61-/m1/s1. The summed E-state index contributed by atoms with van der Waals surface area (Å²) in [5, 5.41) is 10.5. The van der Waals surface area contributed by atoms with Gasteiger partial charge in [0.05, 0.1) is 26.4 Å². The van der Waals surface area contributed by atoms with Gasteiger partial charge in [0.25, 0.3) is 0 Å². The Balaban J connectivity index is 5.27. The molecule has 0 saturated heterocycles. The van der Waals surface area contributed by atoms with E-state index in [1.165, 1.54) is 109 Å². The summed E-state index contributed by atoms with van der Waals surface area (Å²) >= 11 is 0. The second kappa shape index (κ2) is 55.2. The molecule has 0 aromatic heterocycles. The number of aliphatic hydroxyl groups excluding tert-OH is 1. The van der Waals surface area contributed by atoms with Gasteiger partial charge in [-0.15, -0.1) is 0 Å². The number of esters is 4. The maximum atomic E-state index is 13.0. The average molecular weight is 1240 g/mol. The minimum Gasteiger partial charge on any atom is -0.462 e. The van der Waals surface area contributed by atoms with Crippen LogP contribution in [0.2, 0.25) is 0 Å². The van der Waals surface area contributed by atoms with E-state index >= 15 is 0 Å². The first-order chi connectivity index (χ1) is 40.2. The number of hydrogen-bond donors (Lipinski definition) is 3.